The first kappa shape index (κ1) is 25.7. The molecule has 194 valence electrons. The average molecular weight is 507 g/mol. The Bertz CT molecular complexity index is 1440. The van der Waals surface area contributed by atoms with Gasteiger partial charge >= 0.3 is 5.97 Å². The van der Waals surface area contributed by atoms with Gasteiger partial charge in [-0.3, -0.25) is 14.6 Å². The number of anilines is 1. The van der Waals surface area contributed by atoms with Crippen molar-refractivity contribution in [2.45, 2.75) is 57.8 Å². The number of nitrogens with one attached hydrogen (secondary N) is 1. The van der Waals surface area contributed by atoms with Crippen molar-refractivity contribution in [1.82, 2.24) is 4.98 Å². The van der Waals surface area contributed by atoms with Crippen molar-refractivity contribution in [1.29, 1.82) is 0 Å². The molecular weight excluding hydrogens is 472 g/mol. The van der Waals surface area contributed by atoms with Gasteiger partial charge in [-0.15, -0.1) is 0 Å². The maximum absolute atomic E-state index is 13.2. The number of hydrogen-bond acceptors (Lipinski definition) is 3. The Morgan fingerprint density at radius 3 is 2.39 bits per heavy atom. The number of aliphatic carboxylic acids is 1. The fourth-order valence-electron chi connectivity index (χ4n) is 5.74. The van der Waals surface area contributed by atoms with E-state index in [0.29, 0.717) is 17.4 Å². The molecule has 5 rings (SSSR count). The van der Waals surface area contributed by atoms with Crippen LogP contribution in [0.25, 0.3) is 22.0 Å². The van der Waals surface area contributed by atoms with Crippen LogP contribution in [0.4, 0.5) is 5.69 Å². The molecule has 38 heavy (non-hydrogen) atoms. The molecule has 3 aromatic carbocycles. The van der Waals surface area contributed by atoms with Crippen LogP contribution in [0.1, 0.15) is 72.9 Å². The van der Waals surface area contributed by atoms with E-state index in [1.807, 2.05) is 30.3 Å². The van der Waals surface area contributed by atoms with Gasteiger partial charge in [0, 0.05) is 23.7 Å². The quantitative estimate of drug-likeness (QED) is 0.255. The van der Waals surface area contributed by atoms with Crippen molar-refractivity contribution in [2.75, 3.05) is 5.32 Å². The van der Waals surface area contributed by atoms with Gasteiger partial charge in [-0.25, -0.2) is 0 Å². The summed E-state index contributed by atoms with van der Waals surface area (Å²) in [6.07, 6.45) is 7.98. The number of carbonyl (C=O) groups excluding carboxylic acids is 1. The summed E-state index contributed by atoms with van der Waals surface area (Å²) >= 11 is 0. The number of rotatable bonds is 8. The summed E-state index contributed by atoms with van der Waals surface area (Å²) in [6, 6.07) is 24.5. The van der Waals surface area contributed by atoms with E-state index in [1.165, 1.54) is 5.56 Å². The highest BCUT2D eigenvalue weighted by Gasteiger charge is 2.24. The minimum atomic E-state index is -0.687. The van der Waals surface area contributed by atoms with E-state index in [0.717, 1.165) is 71.8 Å². The molecule has 0 atom stereocenters. The lowest BCUT2D eigenvalue weighted by molar-refractivity contribution is -0.138. The molecule has 1 aliphatic carbocycles. The van der Waals surface area contributed by atoms with Crippen LogP contribution in [0.3, 0.4) is 0 Å². The molecule has 0 unspecified atom stereocenters. The van der Waals surface area contributed by atoms with Crippen LogP contribution >= 0.6 is 0 Å². The number of carboxylic acids is 1. The van der Waals surface area contributed by atoms with Crippen molar-refractivity contribution in [2.24, 2.45) is 5.92 Å². The SMILES string of the molecule is CCCc1ccccc1NC(=O)c1ccnc2cc(-c3ccc(C4CCC(CC(=O)O)CC4)cc3)ccc12. The summed E-state index contributed by atoms with van der Waals surface area (Å²) in [4.78, 5) is 28.8. The van der Waals surface area contributed by atoms with Crippen LogP contribution < -0.4 is 5.32 Å². The van der Waals surface area contributed by atoms with Crippen LogP contribution in [0.2, 0.25) is 0 Å². The van der Waals surface area contributed by atoms with Crippen molar-refractivity contribution >= 4 is 28.5 Å². The molecular formula is C33H34N2O3. The standard InChI is InChI=1S/C33H34N2O3/c1-2-5-26-6-3-4-7-30(26)35-33(38)29-18-19-34-31-21-27(16-17-28(29)31)25-14-12-24(13-15-25)23-10-8-22(9-11-23)20-32(36)37/h3-4,6-7,12-19,21-23H,2,5,8-11,20H2,1H3,(H,35,38)(H,36,37). The Kier molecular flexibility index (Phi) is 7.83. The normalized spacial score (nSPS) is 17.3. The van der Waals surface area contributed by atoms with E-state index >= 15 is 0 Å². The summed E-state index contributed by atoms with van der Waals surface area (Å²) in [5.74, 6) is -0.00839. The number of para-hydroxylation sites is 1. The van der Waals surface area contributed by atoms with Crippen molar-refractivity contribution in [3.05, 3.63) is 95.7 Å². The van der Waals surface area contributed by atoms with Gasteiger partial charge in [-0.1, -0.05) is 67.9 Å². The Labute approximate surface area is 223 Å². The minimum Gasteiger partial charge on any atom is -0.481 e. The molecule has 5 nitrogen and oxygen atoms in total. The van der Waals surface area contributed by atoms with Crippen molar-refractivity contribution in [3.8, 4) is 11.1 Å². The largest absolute Gasteiger partial charge is 0.481 e. The van der Waals surface area contributed by atoms with Crippen LogP contribution in [0, 0.1) is 5.92 Å². The van der Waals surface area contributed by atoms with Gasteiger partial charge in [0.1, 0.15) is 0 Å². The summed E-state index contributed by atoms with van der Waals surface area (Å²) in [5.41, 5.74) is 6.90. The summed E-state index contributed by atoms with van der Waals surface area (Å²) in [7, 11) is 0. The first-order valence-electron chi connectivity index (χ1n) is 13.6. The average Bonchev–Trinajstić information content (AvgIpc) is 2.94. The number of carboxylic acid groups (broad SMARTS) is 1. The molecule has 1 aromatic heterocycles. The number of amides is 1. The highest BCUT2D eigenvalue weighted by Crippen LogP contribution is 2.38. The topological polar surface area (TPSA) is 79.3 Å². The number of aromatic nitrogens is 1. The second-order valence-corrected chi connectivity index (χ2v) is 10.4. The maximum atomic E-state index is 13.2. The molecule has 0 spiro atoms. The molecule has 1 amide bonds. The van der Waals surface area contributed by atoms with Gasteiger partial charge in [-0.05, 0) is 84.4 Å². The van der Waals surface area contributed by atoms with E-state index in [2.05, 4.69) is 53.6 Å². The predicted octanol–water partition coefficient (Wildman–Crippen LogP) is 7.86. The number of fused-ring (bicyclic) bond motifs is 1. The second-order valence-electron chi connectivity index (χ2n) is 10.4. The number of benzene rings is 3. The lowest BCUT2D eigenvalue weighted by Gasteiger charge is -2.28. The smallest absolute Gasteiger partial charge is 0.303 e. The lowest BCUT2D eigenvalue weighted by atomic mass is 9.77. The summed E-state index contributed by atoms with van der Waals surface area (Å²) in [6.45, 7) is 2.13. The zero-order valence-corrected chi connectivity index (χ0v) is 21.8. The third-order valence-corrected chi connectivity index (χ3v) is 7.80. The van der Waals surface area contributed by atoms with Crippen LogP contribution in [0.15, 0.2) is 79.0 Å². The third kappa shape index (κ3) is 5.77. The lowest BCUT2D eigenvalue weighted by Crippen LogP contribution is -2.16. The molecule has 4 aromatic rings. The molecule has 0 aliphatic heterocycles. The van der Waals surface area contributed by atoms with E-state index in [1.54, 1.807) is 12.3 Å². The second kappa shape index (κ2) is 11.6. The number of nitrogens with zero attached hydrogens (tertiary/aromatic N) is 1. The maximum Gasteiger partial charge on any atom is 0.303 e. The fraction of sp³-hybridized carbons (Fsp3) is 0.303. The van der Waals surface area contributed by atoms with Gasteiger partial charge in [-0.2, -0.15) is 0 Å². The number of carbonyl (C=O) groups is 2. The van der Waals surface area contributed by atoms with Gasteiger partial charge in [0.15, 0.2) is 0 Å². The van der Waals surface area contributed by atoms with E-state index in [-0.39, 0.29) is 12.3 Å². The summed E-state index contributed by atoms with van der Waals surface area (Å²) in [5, 5.41) is 13.0. The number of pyridine rings is 1. The zero-order chi connectivity index (χ0) is 26.5. The molecule has 0 bridgehead atoms. The highest BCUT2D eigenvalue weighted by atomic mass is 16.4. The van der Waals surface area contributed by atoms with Gasteiger partial charge in [0.25, 0.3) is 5.91 Å². The Morgan fingerprint density at radius 1 is 0.921 bits per heavy atom. The Balaban J connectivity index is 1.32. The first-order valence-corrected chi connectivity index (χ1v) is 13.6. The highest BCUT2D eigenvalue weighted by molar-refractivity contribution is 6.12. The molecule has 1 fully saturated rings. The Hall–Kier alpha value is -3.99. The first-order chi connectivity index (χ1) is 18.5. The van der Waals surface area contributed by atoms with Crippen molar-refractivity contribution < 1.29 is 14.7 Å². The molecule has 1 heterocycles. The van der Waals surface area contributed by atoms with Crippen LogP contribution in [0.5, 0.6) is 0 Å². The van der Waals surface area contributed by atoms with Crippen molar-refractivity contribution in [3.63, 3.8) is 0 Å². The van der Waals surface area contributed by atoms with E-state index in [9.17, 15) is 9.59 Å². The summed E-state index contributed by atoms with van der Waals surface area (Å²) < 4.78 is 0. The predicted molar refractivity (Wildman–Crippen MR) is 153 cm³/mol. The van der Waals surface area contributed by atoms with Crippen LogP contribution in [-0.2, 0) is 11.2 Å². The van der Waals surface area contributed by atoms with Gasteiger partial charge in [0.2, 0.25) is 0 Å². The monoisotopic (exact) mass is 506 g/mol. The molecule has 2 N–H and O–H groups in total. The Morgan fingerprint density at radius 2 is 1.66 bits per heavy atom. The molecule has 1 saturated carbocycles. The zero-order valence-electron chi connectivity index (χ0n) is 21.8. The number of hydrogen-bond donors (Lipinski definition) is 2. The van der Waals surface area contributed by atoms with Crippen LogP contribution in [-0.4, -0.2) is 22.0 Å². The fourth-order valence-corrected chi connectivity index (χ4v) is 5.74. The molecule has 0 saturated heterocycles. The van der Waals surface area contributed by atoms with Gasteiger partial charge < -0.3 is 10.4 Å². The van der Waals surface area contributed by atoms with Gasteiger partial charge in [0.05, 0.1) is 11.1 Å². The van der Waals surface area contributed by atoms with E-state index < -0.39 is 5.97 Å². The van der Waals surface area contributed by atoms with E-state index in [4.69, 9.17) is 5.11 Å². The molecule has 5 heteroatoms. The molecule has 0 radical (unpaired) electrons. The molecule has 1 aliphatic rings. The number of aryl methyl sites for hydroxylation is 1. The minimum absolute atomic E-state index is 0.129. The third-order valence-electron chi connectivity index (χ3n) is 7.80.